The van der Waals surface area contributed by atoms with E-state index >= 15 is 0 Å². The molecule has 1 unspecified atom stereocenters. The monoisotopic (exact) mass is 369 g/mol. The molecule has 0 aromatic heterocycles. The van der Waals surface area contributed by atoms with Gasteiger partial charge in [-0.15, -0.1) is 0 Å². The second-order valence-electron chi connectivity index (χ2n) is 6.85. The number of para-hydroxylation sites is 1. The number of nitrogens with zero attached hydrogens (tertiary/aromatic N) is 1. The summed E-state index contributed by atoms with van der Waals surface area (Å²) in [5.41, 5.74) is 3.09. The SMILES string of the molecule is CC=CC1OC(c2ccccc2)(c2ccccc2)c2ccccc2N1C(C)=O. The van der Waals surface area contributed by atoms with E-state index < -0.39 is 11.8 Å². The number of rotatable bonds is 3. The van der Waals surface area contributed by atoms with Crippen LogP contribution in [0.4, 0.5) is 5.69 Å². The molecular weight excluding hydrogens is 346 g/mol. The molecule has 0 spiro atoms. The predicted octanol–water partition coefficient (Wildman–Crippen LogP) is 5.26. The average molecular weight is 369 g/mol. The minimum Gasteiger partial charge on any atom is -0.334 e. The Hall–Kier alpha value is -3.17. The molecule has 0 aliphatic carbocycles. The second kappa shape index (κ2) is 7.45. The Kier molecular flexibility index (Phi) is 4.84. The average Bonchev–Trinajstić information content (AvgIpc) is 2.74. The molecule has 3 nitrogen and oxygen atoms in total. The van der Waals surface area contributed by atoms with E-state index in [1.165, 1.54) is 0 Å². The Bertz CT molecular complexity index is 956. The van der Waals surface area contributed by atoms with Crippen molar-refractivity contribution in [2.45, 2.75) is 25.7 Å². The molecule has 0 N–H and O–H groups in total. The summed E-state index contributed by atoms with van der Waals surface area (Å²) in [6.07, 6.45) is 3.35. The van der Waals surface area contributed by atoms with Crippen LogP contribution < -0.4 is 4.90 Å². The zero-order chi connectivity index (χ0) is 19.6. The van der Waals surface area contributed by atoms with Gasteiger partial charge < -0.3 is 4.74 Å². The molecule has 1 atom stereocenters. The Morgan fingerprint density at radius 3 is 1.96 bits per heavy atom. The first-order chi connectivity index (χ1) is 13.7. The van der Waals surface area contributed by atoms with Crippen LogP contribution in [0.2, 0.25) is 0 Å². The highest BCUT2D eigenvalue weighted by Gasteiger charge is 2.47. The van der Waals surface area contributed by atoms with Crippen molar-refractivity contribution in [2.24, 2.45) is 0 Å². The number of allylic oxidation sites excluding steroid dienone is 1. The second-order valence-corrected chi connectivity index (χ2v) is 6.85. The molecule has 3 aromatic rings. The highest BCUT2D eigenvalue weighted by Crippen LogP contribution is 2.49. The third kappa shape index (κ3) is 2.85. The van der Waals surface area contributed by atoms with Gasteiger partial charge in [-0.2, -0.15) is 0 Å². The van der Waals surface area contributed by atoms with Crippen LogP contribution in [0.5, 0.6) is 0 Å². The van der Waals surface area contributed by atoms with Crippen molar-refractivity contribution in [1.29, 1.82) is 0 Å². The quantitative estimate of drug-likeness (QED) is 0.589. The van der Waals surface area contributed by atoms with E-state index in [0.29, 0.717) is 0 Å². The van der Waals surface area contributed by atoms with E-state index in [2.05, 4.69) is 30.3 Å². The standard InChI is InChI=1S/C25H23NO2/c1-3-12-24-26(19(2)27)23-18-11-10-17-22(23)25(28-24,20-13-6-4-7-14-20)21-15-8-5-9-16-21/h3-18,24H,1-2H3. The van der Waals surface area contributed by atoms with Gasteiger partial charge in [0, 0.05) is 12.5 Å². The summed E-state index contributed by atoms with van der Waals surface area (Å²) in [5, 5.41) is 0. The summed E-state index contributed by atoms with van der Waals surface area (Å²) in [7, 11) is 0. The van der Waals surface area contributed by atoms with Gasteiger partial charge in [-0.25, -0.2) is 0 Å². The van der Waals surface area contributed by atoms with Crippen molar-refractivity contribution in [3.05, 3.63) is 114 Å². The molecule has 3 heteroatoms. The van der Waals surface area contributed by atoms with Crippen LogP contribution in [0.1, 0.15) is 30.5 Å². The first kappa shape index (κ1) is 18.2. The highest BCUT2D eigenvalue weighted by atomic mass is 16.5. The molecule has 3 aromatic carbocycles. The van der Waals surface area contributed by atoms with Crippen LogP contribution in [-0.4, -0.2) is 12.1 Å². The van der Waals surface area contributed by atoms with Crippen LogP contribution in [0.3, 0.4) is 0 Å². The molecule has 0 saturated heterocycles. The van der Waals surface area contributed by atoms with Gasteiger partial charge in [-0.05, 0) is 30.2 Å². The minimum atomic E-state index is -0.810. The third-order valence-electron chi connectivity index (χ3n) is 5.15. The topological polar surface area (TPSA) is 29.5 Å². The van der Waals surface area contributed by atoms with Gasteiger partial charge in [0.15, 0.2) is 6.23 Å². The molecule has 1 aliphatic heterocycles. The van der Waals surface area contributed by atoms with Gasteiger partial charge in [0.1, 0.15) is 5.60 Å². The van der Waals surface area contributed by atoms with E-state index in [-0.39, 0.29) is 5.91 Å². The fourth-order valence-corrected chi connectivity index (χ4v) is 4.01. The van der Waals surface area contributed by atoms with E-state index in [0.717, 1.165) is 22.4 Å². The summed E-state index contributed by atoms with van der Waals surface area (Å²) >= 11 is 0. The van der Waals surface area contributed by atoms with Crippen LogP contribution >= 0.6 is 0 Å². The largest absolute Gasteiger partial charge is 0.334 e. The van der Waals surface area contributed by atoms with Gasteiger partial charge in [-0.1, -0.05) is 84.9 Å². The lowest BCUT2D eigenvalue weighted by molar-refractivity contribution is -0.121. The first-order valence-electron chi connectivity index (χ1n) is 9.49. The Morgan fingerprint density at radius 1 is 0.893 bits per heavy atom. The molecule has 4 rings (SSSR count). The first-order valence-corrected chi connectivity index (χ1v) is 9.49. The van der Waals surface area contributed by atoms with Crippen LogP contribution in [-0.2, 0) is 15.1 Å². The summed E-state index contributed by atoms with van der Waals surface area (Å²) in [6, 6.07) is 28.4. The molecule has 140 valence electrons. The fraction of sp³-hybridized carbons (Fsp3) is 0.160. The van der Waals surface area contributed by atoms with Crippen molar-refractivity contribution in [3.63, 3.8) is 0 Å². The number of carbonyl (C=O) groups excluding carboxylic acids is 1. The minimum absolute atomic E-state index is 0.0507. The summed E-state index contributed by atoms with van der Waals surface area (Å²) in [5.74, 6) is -0.0507. The van der Waals surface area contributed by atoms with Crippen LogP contribution in [0.25, 0.3) is 0 Å². The molecule has 1 aliphatic rings. The zero-order valence-corrected chi connectivity index (χ0v) is 16.1. The predicted molar refractivity (Wildman–Crippen MR) is 112 cm³/mol. The van der Waals surface area contributed by atoms with Gasteiger partial charge in [0.05, 0.1) is 5.69 Å². The fourth-order valence-electron chi connectivity index (χ4n) is 4.01. The van der Waals surface area contributed by atoms with Gasteiger partial charge in [-0.3, -0.25) is 9.69 Å². The lowest BCUT2D eigenvalue weighted by atomic mass is 9.78. The number of hydrogen-bond donors (Lipinski definition) is 0. The molecule has 0 fully saturated rings. The number of anilines is 1. The molecule has 0 saturated carbocycles. The third-order valence-corrected chi connectivity index (χ3v) is 5.15. The molecule has 0 bridgehead atoms. The maximum Gasteiger partial charge on any atom is 0.226 e. The number of carbonyl (C=O) groups is 1. The molecule has 0 radical (unpaired) electrons. The number of hydrogen-bond acceptors (Lipinski definition) is 2. The summed E-state index contributed by atoms with van der Waals surface area (Å²) in [6.45, 7) is 3.52. The van der Waals surface area contributed by atoms with E-state index in [1.807, 2.05) is 73.7 Å². The summed E-state index contributed by atoms with van der Waals surface area (Å²) in [4.78, 5) is 14.3. The number of fused-ring (bicyclic) bond motifs is 1. The maximum absolute atomic E-state index is 12.5. The van der Waals surface area contributed by atoms with E-state index in [1.54, 1.807) is 11.8 Å². The van der Waals surface area contributed by atoms with Crippen molar-refractivity contribution >= 4 is 11.6 Å². The van der Waals surface area contributed by atoms with Crippen LogP contribution in [0, 0.1) is 0 Å². The Balaban J connectivity index is 2.08. The molecular formula is C25H23NO2. The van der Waals surface area contributed by atoms with E-state index in [9.17, 15) is 4.79 Å². The van der Waals surface area contributed by atoms with Crippen molar-refractivity contribution in [1.82, 2.24) is 0 Å². The van der Waals surface area contributed by atoms with Crippen molar-refractivity contribution < 1.29 is 9.53 Å². The smallest absolute Gasteiger partial charge is 0.226 e. The van der Waals surface area contributed by atoms with Crippen LogP contribution in [0.15, 0.2) is 97.1 Å². The van der Waals surface area contributed by atoms with Crippen molar-refractivity contribution in [3.8, 4) is 0 Å². The van der Waals surface area contributed by atoms with Gasteiger partial charge in [0.2, 0.25) is 5.91 Å². The maximum atomic E-state index is 12.5. The van der Waals surface area contributed by atoms with Gasteiger partial charge in [0.25, 0.3) is 0 Å². The molecule has 1 amide bonds. The Labute approximate surface area is 165 Å². The molecule has 1 heterocycles. The lowest BCUT2D eigenvalue weighted by Gasteiger charge is -2.47. The summed E-state index contributed by atoms with van der Waals surface area (Å²) < 4.78 is 6.81. The number of benzene rings is 3. The number of ether oxygens (including phenoxy) is 1. The van der Waals surface area contributed by atoms with Crippen molar-refractivity contribution in [2.75, 3.05) is 4.90 Å². The van der Waals surface area contributed by atoms with E-state index in [4.69, 9.17) is 4.74 Å². The Morgan fingerprint density at radius 2 is 1.43 bits per heavy atom. The van der Waals surface area contributed by atoms with Gasteiger partial charge >= 0.3 is 0 Å². The highest BCUT2D eigenvalue weighted by molar-refractivity contribution is 5.94. The normalized spacial score (nSPS) is 18.1. The molecule has 28 heavy (non-hydrogen) atoms. The zero-order valence-electron chi connectivity index (χ0n) is 16.1. The number of amides is 1. The lowest BCUT2D eigenvalue weighted by Crippen LogP contribution is -2.51.